The summed E-state index contributed by atoms with van der Waals surface area (Å²) in [7, 11) is 0. The number of amides is 6. The Kier molecular flexibility index (Phi) is 2.89. The van der Waals surface area contributed by atoms with Crippen molar-refractivity contribution in [1.29, 1.82) is 0 Å². The Bertz CT molecular complexity index is 305. The summed E-state index contributed by atoms with van der Waals surface area (Å²) in [5.41, 5.74) is 0. The molecular formula is C6H6N4O4. The first-order valence-electron chi connectivity index (χ1n) is 3.54. The van der Waals surface area contributed by atoms with Crippen molar-refractivity contribution < 1.29 is 19.2 Å². The lowest BCUT2D eigenvalue weighted by Crippen LogP contribution is -2.22. The standard InChI is InChI=1S/C3H4N2O2.C3H2N2O2/c2*6-2-1-4-3(7)5-2/h1H2,(H2,4,5,6,7);1H,(H,5,6,7). The fourth-order valence-corrected chi connectivity index (χ4v) is 0.663. The van der Waals surface area contributed by atoms with E-state index in [1.807, 2.05) is 10.6 Å². The van der Waals surface area contributed by atoms with Crippen LogP contribution in [-0.4, -0.2) is 36.6 Å². The fraction of sp³-hybridized carbons (Fsp3) is 0.167. The molecule has 0 radical (unpaired) electrons. The monoisotopic (exact) mass is 198 g/mol. The highest BCUT2D eigenvalue weighted by atomic mass is 16.2. The molecule has 14 heavy (non-hydrogen) atoms. The smallest absolute Gasteiger partial charge is 0.329 e. The highest BCUT2D eigenvalue weighted by molar-refractivity contribution is 6.35. The van der Waals surface area contributed by atoms with Gasteiger partial charge in [-0.2, -0.15) is 4.99 Å². The third-order valence-corrected chi connectivity index (χ3v) is 1.19. The van der Waals surface area contributed by atoms with Crippen molar-refractivity contribution in [2.45, 2.75) is 0 Å². The summed E-state index contributed by atoms with van der Waals surface area (Å²) < 4.78 is 0. The van der Waals surface area contributed by atoms with Crippen LogP contribution in [0.15, 0.2) is 4.99 Å². The van der Waals surface area contributed by atoms with E-state index in [1.54, 1.807) is 0 Å². The average molecular weight is 198 g/mol. The normalized spacial score (nSPS) is 18.3. The van der Waals surface area contributed by atoms with Gasteiger partial charge in [0, 0.05) is 0 Å². The summed E-state index contributed by atoms with van der Waals surface area (Å²) in [5.74, 6) is -0.699. The SMILES string of the molecule is O=C1C=NC(=O)N1.O=C1CNC(=O)N1. The first-order valence-corrected chi connectivity index (χ1v) is 3.54. The van der Waals surface area contributed by atoms with E-state index in [2.05, 4.69) is 10.3 Å². The quantitative estimate of drug-likeness (QED) is 0.395. The predicted molar refractivity (Wildman–Crippen MR) is 43.6 cm³/mol. The number of hydrogen-bond acceptors (Lipinski definition) is 4. The van der Waals surface area contributed by atoms with Crippen LogP contribution in [0.1, 0.15) is 0 Å². The molecule has 0 saturated carbocycles. The Morgan fingerprint density at radius 2 is 1.86 bits per heavy atom. The van der Waals surface area contributed by atoms with Crippen LogP contribution < -0.4 is 16.0 Å². The number of hydrogen-bond donors (Lipinski definition) is 3. The molecule has 2 heterocycles. The third-order valence-electron chi connectivity index (χ3n) is 1.19. The summed E-state index contributed by atoms with van der Waals surface area (Å²) >= 11 is 0. The lowest BCUT2D eigenvalue weighted by Gasteiger charge is -1.78. The Morgan fingerprint density at radius 3 is 2.00 bits per heavy atom. The molecular weight excluding hydrogens is 192 g/mol. The topological polar surface area (TPSA) is 117 Å². The zero-order chi connectivity index (χ0) is 10.6. The van der Waals surface area contributed by atoms with Crippen molar-refractivity contribution in [1.82, 2.24) is 16.0 Å². The van der Waals surface area contributed by atoms with E-state index >= 15 is 0 Å². The summed E-state index contributed by atoms with van der Waals surface area (Å²) in [5, 5.41) is 6.21. The molecule has 8 heteroatoms. The molecule has 2 rings (SSSR count). The molecule has 2 aliphatic heterocycles. The number of imide groups is 2. The first kappa shape index (κ1) is 9.84. The zero-order valence-electron chi connectivity index (χ0n) is 6.86. The first-order chi connectivity index (χ1) is 6.58. The molecule has 3 N–H and O–H groups in total. The molecule has 8 nitrogen and oxygen atoms in total. The summed E-state index contributed by atoms with van der Waals surface area (Å²) in [6.45, 7) is 0.124. The summed E-state index contributed by atoms with van der Waals surface area (Å²) in [6.07, 6.45) is 0.947. The fourth-order valence-electron chi connectivity index (χ4n) is 0.663. The van der Waals surface area contributed by atoms with E-state index in [-0.39, 0.29) is 12.5 Å². The maximum Gasteiger partial charge on any atom is 0.348 e. The number of rotatable bonds is 0. The van der Waals surface area contributed by atoms with Crippen LogP contribution >= 0.6 is 0 Å². The van der Waals surface area contributed by atoms with Crippen molar-refractivity contribution in [3.8, 4) is 0 Å². The molecule has 0 unspecified atom stereocenters. The summed E-state index contributed by atoms with van der Waals surface area (Å²) in [4.78, 5) is 43.1. The second-order valence-corrected chi connectivity index (χ2v) is 2.28. The molecule has 0 bridgehead atoms. The van der Waals surface area contributed by atoms with Gasteiger partial charge >= 0.3 is 12.1 Å². The molecule has 6 amide bonds. The van der Waals surface area contributed by atoms with Gasteiger partial charge in [0.2, 0.25) is 5.91 Å². The van der Waals surface area contributed by atoms with E-state index in [4.69, 9.17) is 0 Å². The molecule has 0 aromatic heterocycles. The van der Waals surface area contributed by atoms with Crippen LogP contribution in [0.3, 0.4) is 0 Å². The largest absolute Gasteiger partial charge is 0.348 e. The van der Waals surface area contributed by atoms with Crippen LogP contribution in [0.5, 0.6) is 0 Å². The molecule has 1 fully saturated rings. The molecule has 0 aromatic rings. The molecule has 1 saturated heterocycles. The van der Waals surface area contributed by atoms with Gasteiger partial charge in [0.25, 0.3) is 5.91 Å². The lowest BCUT2D eigenvalue weighted by atomic mass is 10.7. The number of aliphatic imine (C=N–C) groups is 1. The van der Waals surface area contributed by atoms with Gasteiger partial charge in [-0.3, -0.25) is 20.2 Å². The predicted octanol–water partition coefficient (Wildman–Crippen LogP) is -1.87. The molecule has 0 aliphatic carbocycles. The molecule has 74 valence electrons. The Labute approximate surface area is 77.7 Å². The van der Waals surface area contributed by atoms with Crippen LogP contribution in [0, 0.1) is 0 Å². The van der Waals surface area contributed by atoms with Gasteiger partial charge in [0.1, 0.15) is 0 Å². The van der Waals surface area contributed by atoms with Gasteiger partial charge in [-0.05, 0) is 0 Å². The lowest BCUT2D eigenvalue weighted by molar-refractivity contribution is -0.117. The van der Waals surface area contributed by atoms with Crippen LogP contribution in [0.2, 0.25) is 0 Å². The molecule has 2 aliphatic rings. The van der Waals surface area contributed by atoms with Gasteiger partial charge in [0.05, 0.1) is 12.8 Å². The highest BCUT2D eigenvalue weighted by Gasteiger charge is 2.14. The minimum atomic E-state index is -0.579. The third kappa shape index (κ3) is 3.01. The van der Waals surface area contributed by atoms with Crippen molar-refractivity contribution in [2.75, 3.05) is 6.54 Å². The summed E-state index contributed by atoms with van der Waals surface area (Å²) in [6, 6.07) is -0.977. The van der Waals surface area contributed by atoms with Crippen molar-refractivity contribution in [2.24, 2.45) is 4.99 Å². The minimum absolute atomic E-state index is 0.124. The minimum Gasteiger partial charge on any atom is -0.329 e. The maximum atomic E-state index is 10.1. The number of nitrogens with one attached hydrogen (secondary N) is 3. The van der Waals surface area contributed by atoms with E-state index in [9.17, 15) is 19.2 Å². The van der Waals surface area contributed by atoms with E-state index in [0.717, 1.165) is 6.21 Å². The van der Waals surface area contributed by atoms with E-state index < -0.39 is 18.0 Å². The van der Waals surface area contributed by atoms with Crippen molar-refractivity contribution >= 4 is 30.1 Å². The Hall–Kier alpha value is -2.25. The van der Waals surface area contributed by atoms with Gasteiger partial charge in [-0.25, -0.2) is 9.59 Å². The van der Waals surface area contributed by atoms with Crippen molar-refractivity contribution in [3.63, 3.8) is 0 Å². The van der Waals surface area contributed by atoms with Crippen LogP contribution in [0.25, 0.3) is 0 Å². The van der Waals surface area contributed by atoms with Gasteiger partial charge in [-0.15, -0.1) is 0 Å². The number of carbonyl (C=O) groups is 4. The molecule has 0 spiro atoms. The number of urea groups is 2. The molecule has 0 atom stereocenters. The van der Waals surface area contributed by atoms with Crippen molar-refractivity contribution in [3.05, 3.63) is 0 Å². The Balaban J connectivity index is 0.000000140. The van der Waals surface area contributed by atoms with E-state index in [1.165, 1.54) is 0 Å². The van der Waals surface area contributed by atoms with Gasteiger partial charge < -0.3 is 5.32 Å². The zero-order valence-corrected chi connectivity index (χ0v) is 6.86. The number of carbonyl (C=O) groups excluding carboxylic acids is 4. The number of nitrogens with zero attached hydrogens (tertiary/aromatic N) is 1. The second kappa shape index (κ2) is 4.12. The Morgan fingerprint density at radius 1 is 1.14 bits per heavy atom. The van der Waals surface area contributed by atoms with Crippen LogP contribution in [0.4, 0.5) is 9.59 Å². The maximum absolute atomic E-state index is 10.1. The van der Waals surface area contributed by atoms with Gasteiger partial charge in [0.15, 0.2) is 0 Å². The van der Waals surface area contributed by atoms with E-state index in [0.29, 0.717) is 0 Å². The second-order valence-electron chi connectivity index (χ2n) is 2.28. The van der Waals surface area contributed by atoms with Crippen LogP contribution in [-0.2, 0) is 9.59 Å². The average Bonchev–Trinajstić information content (AvgIpc) is 2.63. The highest BCUT2D eigenvalue weighted by Crippen LogP contribution is 1.78. The molecule has 0 aromatic carbocycles. The van der Waals surface area contributed by atoms with Gasteiger partial charge in [-0.1, -0.05) is 0 Å².